The van der Waals surface area contributed by atoms with E-state index in [4.69, 9.17) is 4.74 Å². The maximum atomic E-state index is 12.4. The number of esters is 1. The quantitative estimate of drug-likeness (QED) is 0.0322. The largest absolute Gasteiger partial charge is 0.466 e. The SMILES string of the molecule is CCCCCCCCCCCCCCCCCCCCCC/C=C/C(O)C(CO)NC(=O)CCCCCC/C=C\CCCCOC(=O)CCCCCCCCCCCCC. The number of amides is 1. The predicted octanol–water partition coefficient (Wildman–Crippen LogP) is 15.9. The Morgan fingerprint density at radius 3 is 1.18 bits per heavy atom. The minimum atomic E-state index is -0.866. The molecule has 0 aromatic rings. The van der Waals surface area contributed by atoms with Gasteiger partial charge in [-0.1, -0.05) is 237 Å². The van der Waals surface area contributed by atoms with Crippen molar-refractivity contribution in [3.05, 3.63) is 24.3 Å². The van der Waals surface area contributed by atoms with Gasteiger partial charge in [0.15, 0.2) is 0 Å². The zero-order valence-electron chi connectivity index (χ0n) is 40.2. The van der Waals surface area contributed by atoms with Crippen LogP contribution in [0, 0.1) is 0 Å². The molecule has 2 atom stereocenters. The van der Waals surface area contributed by atoms with Crippen LogP contribution in [-0.2, 0) is 14.3 Å². The smallest absolute Gasteiger partial charge is 0.305 e. The third-order valence-electron chi connectivity index (χ3n) is 12.2. The Morgan fingerprint density at radius 2 is 0.783 bits per heavy atom. The zero-order valence-corrected chi connectivity index (χ0v) is 40.2. The van der Waals surface area contributed by atoms with Gasteiger partial charge in [-0.3, -0.25) is 9.59 Å². The van der Waals surface area contributed by atoms with Gasteiger partial charge in [-0.15, -0.1) is 0 Å². The van der Waals surface area contributed by atoms with Crippen LogP contribution in [0.15, 0.2) is 24.3 Å². The van der Waals surface area contributed by atoms with E-state index in [-0.39, 0.29) is 18.5 Å². The Morgan fingerprint density at radius 1 is 0.450 bits per heavy atom. The molecule has 0 rings (SSSR count). The number of ether oxygens (including phenoxy) is 1. The average Bonchev–Trinajstić information content (AvgIpc) is 3.25. The van der Waals surface area contributed by atoms with Gasteiger partial charge < -0.3 is 20.3 Å². The lowest BCUT2D eigenvalue weighted by atomic mass is 10.0. The van der Waals surface area contributed by atoms with Gasteiger partial charge in [-0.2, -0.15) is 0 Å². The van der Waals surface area contributed by atoms with E-state index in [0.29, 0.717) is 19.4 Å². The molecular formula is C54H103NO5. The molecule has 0 spiro atoms. The normalized spacial score (nSPS) is 12.8. The summed E-state index contributed by atoms with van der Waals surface area (Å²) in [5.74, 6) is -0.140. The van der Waals surface area contributed by atoms with Crippen LogP contribution in [0.4, 0.5) is 0 Å². The van der Waals surface area contributed by atoms with Crippen molar-refractivity contribution >= 4 is 11.9 Å². The van der Waals surface area contributed by atoms with Crippen LogP contribution < -0.4 is 5.32 Å². The molecule has 0 aliphatic heterocycles. The first-order chi connectivity index (χ1) is 29.5. The number of carbonyl (C=O) groups excluding carboxylic acids is 2. The summed E-state index contributed by atoms with van der Waals surface area (Å²) in [7, 11) is 0. The molecule has 0 aliphatic carbocycles. The standard InChI is InChI=1S/C54H103NO5/c1-3-5-7-9-11-13-15-16-17-18-19-20-21-22-23-24-25-27-30-34-38-42-46-52(57)51(50-56)55-53(58)47-43-39-35-31-28-29-33-37-41-45-49-60-54(59)48-44-40-36-32-26-14-12-10-8-6-4-2/h29,33,42,46,51-52,56-57H,3-28,30-32,34-41,43-45,47-50H2,1-2H3,(H,55,58)/b33-29-,46-42+. The maximum absolute atomic E-state index is 12.4. The summed E-state index contributed by atoms with van der Waals surface area (Å²) in [5.41, 5.74) is 0. The number of hydrogen-bond acceptors (Lipinski definition) is 5. The van der Waals surface area contributed by atoms with Crippen molar-refractivity contribution in [2.24, 2.45) is 0 Å². The molecule has 0 aromatic carbocycles. The van der Waals surface area contributed by atoms with Gasteiger partial charge in [-0.05, 0) is 57.8 Å². The Kier molecular flexibility index (Phi) is 48.6. The summed E-state index contributed by atoms with van der Waals surface area (Å²) in [6.07, 6.45) is 59.0. The lowest BCUT2D eigenvalue weighted by molar-refractivity contribution is -0.143. The van der Waals surface area contributed by atoms with E-state index >= 15 is 0 Å². The molecule has 0 saturated heterocycles. The van der Waals surface area contributed by atoms with E-state index in [0.717, 1.165) is 77.0 Å². The molecule has 0 aliphatic rings. The molecule has 1 amide bonds. The minimum absolute atomic E-state index is 0.0385. The van der Waals surface area contributed by atoms with Gasteiger partial charge in [0.2, 0.25) is 5.91 Å². The monoisotopic (exact) mass is 846 g/mol. The number of unbranched alkanes of at least 4 members (excludes halogenated alkanes) is 36. The van der Waals surface area contributed by atoms with Crippen molar-refractivity contribution in [3.8, 4) is 0 Å². The highest BCUT2D eigenvalue weighted by atomic mass is 16.5. The van der Waals surface area contributed by atoms with Crippen molar-refractivity contribution in [1.29, 1.82) is 0 Å². The molecule has 0 radical (unpaired) electrons. The minimum Gasteiger partial charge on any atom is -0.466 e. The van der Waals surface area contributed by atoms with Crippen LogP contribution in [0.25, 0.3) is 0 Å². The summed E-state index contributed by atoms with van der Waals surface area (Å²) in [4.78, 5) is 24.4. The molecule has 3 N–H and O–H groups in total. The van der Waals surface area contributed by atoms with Gasteiger partial charge in [-0.25, -0.2) is 0 Å². The molecule has 0 bridgehead atoms. The second-order valence-corrected chi connectivity index (χ2v) is 18.2. The fraction of sp³-hybridized carbons (Fsp3) is 0.889. The number of aliphatic hydroxyl groups excluding tert-OH is 2. The lowest BCUT2D eigenvalue weighted by Crippen LogP contribution is -2.45. The van der Waals surface area contributed by atoms with E-state index in [9.17, 15) is 19.8 Å². The third-order valence-corrected chi connectivity index (χ3v) is 12.2. The first kappa shape index (κ1) is 58.3. The first-order valence-electron chi connectivity index (χ1n) is 26.6. The van der Waals surface area contributed by atoms with E-state index in [1.807, 2.05) is 6.08 Å². The summed E-state index contributed by atoms with van der Waals surface area (Å²) in [6.45, 7) is 4.82. The Bertz CT molecular complexity index is 935. The third kappa shape index (κ3) is 45.9. The van der Waals surface area contributed by atoms with E-state index < -0.39 is 12.1 Å². The number of hydrogen-bond donors (Lipinski definition) is 3. The summed E-state index contributed by atoms with van der Waals surface area (Å²) >= 11 is 0. The fourth-order valence-corrected chi connectivity index (χ4v) is 8.10. The Labute approximate surface area is 373 Å². The fourth-order valence-electron chi connectivity index (χ4n) is 8.10. The molecule has 0 heterocycles. The predicted molar refractivity (Wildman–Crippen MR) is 260 cm³/mol. The van der Waals surface area contributed by atoms with Crippen LogP contribution in [0.2, 0.25) is 0 Å². The van der Waals surface area contributed by atoms with Crippen molar-refractivity contribution in [2.45, 2.75) is 296 Å². The van der Waals surface area contributed by atoms with Crippen molar-refractivity contribution in [1.82, 2.24) is 5.32 Å². The van der Waals surface area contributed by atoms with Crippen LogP contribution in [0.3, 0.4) is 0 Å². The van der Waals surface area contributed by atoms with Crippen LogP contribution in [0.5, 0.6) is 0 Å². The van der Waals surface area contributed by atoms with Crippen molar-refractivity contribution in [3.63, 3.8) is 0 Å². The highest BCUT2D eigenvalue weighted by Crippen LogP contribution is 2.16. The van der Waals surface area contributed by atoms with Gasteiger partial charge >= 0.3 is 5.97 Å². The van der Waals surface area contributed by atoms with Crippen LogP contribution in [0.1, 0.15) is 284 Å². The highest BCUT2D eigenvalue weighted by molar-refractivity contribution is 5.76. The number of allylic oxidation sites excluding steroid dienone is 3. The lowest BCUT2D eigenvalue weighted by Gasteiger charge is -2.20. The van der Waals surface area contributed by atoms with E-state index in [1.165, 1.54) is 180 Å². The van der Waals surface area contributed by atoms with Crippen molar-refractivity contribution < 1.29 is 24.5 Å². The Balaban J connectivity index is 3.56. The van der Waals surface area contributed by atoms with Crippen LogP contribution >= 0.6 is 0 Å². The molecule has 2 unspecified atom stereocenters. The van der Waals surface area contributed by atoms with Gasteiger partial charge in [0.1, 0.15) is 0 Å². The molecule has 60 heavy (non-hydrogen) atoms. The second-order valence-electron chi connectivity index (χ2n) is 18.2. The molecule has 354 valence electrons. The van der Waals surface area contributed by atoms with Gasteiger partial charge in [0.25, 0.3) is 0 Å². The molecule has 0 saturated carbocycles. The number of nitrogens with one attached hydrogen (secondary N) is 1. The van der Waals surface area contributed by atoms with E-state index in [1.54, 1.807) is 6.08 Å². The molecule has 0 fully saturated rings. The molecule has 6 nitrogen and oxygen atoms in total. The number of rotatable bonds is 49. The van der Waals surface area contributed by atoms with Crippen molar-refractivity contribution in [2.75, 3.05) is 13.2 Å². The first-order valence-corrected chi connectivity index (χ1v) is 26.6. The molecule has 6 heteroatoms. The second kappa shape index (κ2) is 50.0. The molecule has 0 aromatic heterocycles. The van der Waals surface area contributed by atoms with Crippen LogP contribution in [-0.4, -0.2) is 47.4 Å². The van der Waals surface area contributed by atoms with Gasteiger partial charge in [0, 0.05) is 12.8 Å². The zero-order chi connectivity index (χ0) is 43.7. The highest BCUT2D eigenvalue weighted by Gasteiger charge is 2.18. The summed E-state index contributed by atoms with van der Waals surface area (Å²) in [5, 5.41) is 23.1. The van der Waals surface area contributed by atoms with E-state index in [2.05, 4.69) is 31.3 Å². The number of carbonyl (C=O) groups is 2. The maximum Gasteiger partial charge on any atom is 0.305 e. The average molecular weight is 846 g/mol. The van der Waals surface area contributed by atoms with Gasteiger partial charge in [0.05, 0.1) is 25.4 Å². The Hall–Kier alpha value is -1.66. The number of aliphatic hydroxyl groups is 2. The summed E-state index contributed by atoms with van der Waals surface area (Å²) < 4.78 is 5.41. The summed E-state index contributed by atoms with van der Waals surface area (Å²) in [6, 6.07) is -0.653. The topological polar surface area (TPSA) is 95.9 Å². The molecular weight excluding hydrogens is 743 g/mol.